The highest BCUT2D eigenvalue weighted by Crippen LogP contribution is 2.22. The van der Waals surface area contributed by atoms with Crippen molar-refractivity contribution in [1.29, 1.82) is 0 Å². The maximum Gasteiger partial charge on any atom is 0.228 e. The Balaban J connectivity index is 0.00000147. The van der Waals surface area contributed by atoms with Crippen LogP contribution in [0.5, 0.6) is 0 Å². The standard InChI is InChI=1S/C12H17ClN6.ClH/c1-7(2)9-6-15-19-10(9)17-11(13)18-12(19)16-8-3-4-14-5-8;/h6-8,14H,3-5H2,1-2H3,(H,16,17,18);1H/t8-;/m0./s1. The van der Waals surface area contributed by atoms with Crippen LogP contribution >= 0.6 is 24.0 Å². The van der Waals surface area contributed by atoms with E-state index in [4.69, 9.17) is 11.6 Å². The van der Waals surface area contributed by atoms with Gasteiger partial charge in [0.2, 0.25) is 11.2 Å². The molecular formula is C12H18Cl2N6. The lowest BCUT2D eigenvalue weighted by Gasteiger charge is -2.13. The van der Waals surface area contributed by atoms with E-state index in [-0.39, 0.29) is 17.7 Å². The Kier molecular flexibility index (Phi) is 4.67. The fraction of sp³-hybridized carbons (Fsp3) is 0.583. The molecule has 1 saturated heterocycles. The zero-order valence-corrected chi connectivity index (χ0v) is 13.0. The summed E-state index contributed by atoms with van der Waals surface area (Å²) in [4.78, 5) is 8.54. The minimum absolute atomic E-state index is 0. The van der Waals surface area contributed by atoms with Gasteiger partial charge in [-0.2, -0.15) is 19.6 Å². The summed E-state index contributed by atoms with van der Waals surface area (Å²) in [5.41, 5.74) is 1.86. The zero-order chi connectivity index (χ0) is 13.4. The van der Waals surface area contributed by atoms with E-state index in [2.05, 4.69) is 39.5 Å². The number of hydrogen-bond donors (Lipinski definition) is 2. The SMILES string of the molecule is CC(C)c1cnn2c(N[C@H]3CCNC3)nc(Cl)nc12.Cl. The number of aromatic nitrogens is 4. The summed E-state index contributed by atoms with van der Waals surface area (Å²) < 4.78 is 1.74. The normalized spacial score (nSPS) is 18.5. The van der Waals surface area contributed by atoms with Gasteiger partial charge in [0.15, 0.2) is 5.65 Å². The third kappa shape index (κ3) is 2.82. The third-order valence-corrected chi connectivity index (χ3v) is 3.55. The summed E-state index contributed by atoms with van der Waals surface area (Å²) in [5.74, 6) is 1.01. The van der Waals surface area contributed by atoms with Gasteiger partial charge >= 0.3 is 0 Å². The molecule has 2 aromatic heterocycles. The first-order chi connectivity index (χ1) is 9.15. The molecule has 110 valence electrons. The number of nitrogens with zero attached hydrogens (tertiary/aromatic N) is 4. The number of hydrogen-bond acceptors (Lipinski definition) is 5. The van der Waals surface area contributed by atoms with Crippen LogP contribution in [0.15, 0.2) is 6.20 Å². The molecule has 1 aliphatic heterocycles. The van der Waals surface area contributed by atoms with Gasteiger partial charge in [-0.05, 0) is 30.5 Å². The smallest absolute Gasteiger partial charge is 0.228 e. The van der Waals surface area contributed by atoms with Crippen LogP contribution in [0.4, 0.5) is 5.95 Å². The first-order valence-electron chi connectivity index (χ1n) is 6.53. The molecule has 1 aliphatic rings. The van der Waals surface area contributed by atoms with Crippen LogP contribution in [-0.4, -0.2) is 38.7 Å². The predicted molar refractivity (Wildman–Crippen MR) is 82.0 cm³/mol. The van der Waals surface area contributed by atoms with Gasteiger partial charge in [-0.25, -0.2) is 0 Å². The monoisotopic (exact) mass is 316 g/mol. The Hall–Kier alpha value is -1.11. The molecule has 3 heterocycles. The highest BCUT2D eigenvalue weighted by molar-refractivity contribution is 6.28. The topological polar surface area (TPSA) is 67.1 Å². The summed E-state index contributed by atoms with van der Waals surface area (Å²) in [6.45, 7) is 6.18. The number of rotatable bonds is 3. The van der Waals surface area contributed by atoms with Crippen LogP contribution in [0, 0.1) is 0 Å². The van der Waals surface area contributed by atoms with Gasteiger partial charge in [0.25, 0.3) is 0 Å². The van der Waals surface area contributed by atoms with E-state index in [1.54, 1.807) is 4.52 Å². The maximum absolute atomic E-state index is 6.02. The van der Waals surface area contributed by atoms with Crippen LogP contribution in [0.25, 0.3) is 5.65 Å². The second-order valence-corrected chi connectivity index (χ2v) is 5.48. The minimum atomic E-state index is 0. The fourth-order valence-corrected chi connectivity index (χ4v) is 2.49. The molecule has 20 heavy (non-hydrogen) atoms. The largest absolute Gasteiger partial charge is 0.350 e. The molecule has 0 radical (unpaired) electrons. The predicted octanol–water partition coefficient (Wildman–Crippen LogP) is 2.10. The second kappa shape index (κ2) is 6.11. The van der Waals surface area contributed by atoms with E-state index in [0.29, 0.717) is 17.9 Å². The number of anilines is 1. The summed E-state index contributed by atoms with van der Waals surface area (Å²) in [5, 5.41) is 11.3. The van der Waals surface area contributed by atoms with Gasteiger partial charge in [-0.1, -0.05) is 13.8 Å². The van der Waals surface area contributed by atoms with Crippen molar-refractivity contribution in [1.82, 2.24) is 24.9 Å². The van der Waals surface area contributed by atoms with Crippen LogP contribution in [0.1, 0.15) is 31.7 Å². The van der Waals surface area contributed by atoms with Gasteiger partial charge in [-0.15, -0.1) is 12.4 Å². The molecule has 1 atom stereocenters. The molecule has 0 aliphatic carbocycles. The molecule has 0 saturated carbocycles. The van der Waals surface area contributed by atoms with Crippen molar-refractivity contribution in [2.24, 2.45) is 0 Å². The lowest BCUT2D eigenvalue weighted by atomic mass is 10.1. The van der Waals surface area contributed by atoms with E-state index in [0.717, 1.165) is 30.7 Å². The lowest BCUT2D eigenvalue weighted by molar-refractivity contribution is 0.761. The molecule has 0 unspecified atom stereocenters. The molecule has 0 bridgehead atoms. The molecule has 8 heteroatoms. The zero-order valence-electron chi connectivity index (χ0n) is 11.4. The summed E-state index contributed by atoms with van der Waals surface area (Å²) in [7, 11) is 0. The summed E-state index contributed by atoms with van der Waals surface area (Å²) in [6.07, 6.45) is 2.91. The molecule has 0 amide bonds. The van der Waals surface area contributed by atoms with Crippen molar-refractivity contribution < 1.29 is 0 Å². The van der Waals surface area contributed by atoms with E-state index < -0.39 is 0 Å². The van der Waals surface area contributed by atoms with Crippen molar-refractivity contribution in [2.45, 2.75) is 32.2 Å². The molecule has 6 nitrogen and oxygen atoms in total. The number of halogens is 2. The van der Waals surface area contributed by atoms with Crippen molar-refractivity contribution in [3.05, 3.63) is 17.0 Å². The van der Waals surface area contributed by atoms with E-state index in [1.807, 2.05) is 6.20 Å². The second-order valence-electron chi connectivity index (χ2n) is 5.14. The molecule has 2 aromatic rings. The van der Waals surface area contributed by atoms with Crippen molar-refractivity contribution in [2.75, 3.05) is 18.4 Å². The summed E-state index contributed by atoms with van der Waals surface area (Å²) in [6, 6.07) is 0.362. The Morgan fingerprint density at radius 3 is 2.90 bits per heavy atom. The van der Waals surface area contributed by atoms with Crippen LogP contribution in [0.3, 0.4) is 0 Å². The van der Waals surface area contributed by atoms with E-state index in [1.165, 1.54) is 0 Å². The van der Waals surface area contributed by atoms with Crippen LogP contribution in [-0.2, 0) is 0 Å². The van der Waals surface area contributed by atoms with Gasteiger partial charge in [0.1, 0.15) is 0 Å². The Labute approximate surface area is 128 Å². The number of nitrogens with one attached hydrogen (secondary N) is 2. The Morgan fingerprint density at radius 1 is 1.45 bits per heavy atom. The average molecular weight is 317 g/mol. The van der Waals surface area contributed by atoms with E-state index in [9.17, 15) is 0 Å². The first-order valence-corrected chi connectivity index (χ1v) is 6.91. The molecule has 0 spiro atoms. The van der Waals surface area contributed by atoms with Gasteiger partial charge in [0.05, 0.1) is 6.20 Å². The van der Waals surface area contributed by atoms with Crippen molar-refractivity contribution >= 4 is 35.6 Å². The summed E-state index contributed by atoms with van der Waals surface area (Å²) >= 11 is 6.02. The third-order valence-electron chi connectivity index (χ3n) is 3.38. The van der Waals surface area contributed by atoms with Crippen molar-refractivity contribution in [3.8, 4) is 0 Å². The highest BCUT2D eigenvalue weighted by Gasteiger charge is 2.19. The molecule has 0 aromatic carbocycles. The molecule has 3 rings (SSSR count). The van der Waals surface area contributed by atoms with Gasteiger partial charge in [0, 0.05) is 18.2 Å². The van der Waals surface area contributed by atoms with Crippen LogP contribution in [0.2, 0.25) is 5.28 Å². The molecular weight excluding hydrogens is 299 g/mol. The highest BCUT2D eigenvalue weighted by atomic mass is 35.5. The van der Waals surface area contributed by atoms with Crippen LogP contribution < -0.4 is 10.6 Å². The Bertz CT molecular complexity index is 591. The molecule has 1 fully saturated rings. The van der Waals surface area contributed by atoms with Gasteiger partial charge in [-0.3, -0.25) is 0 Å². The fourth-order valence-electron chi connectivity index (χ4n) is 2.33. The van der Waals surface area contributed by atoms with Crippen molar-refractivity contribution in [3.63, 3.8) is 0 Å². The van der Waals surface area contributed by atoms with E-state index >= 15 is 0 Å². The quantitative estimate of drug-likeness (QED) is 0.907. The maximum atomic E-state index is 6.02. The average Bonchev–Trinajstić information content (AvgIpc) is 2.97. The lowest BCUT2D eigenvalue weighted by Crippen LogP contribution is -2.24. The first kappa shape index (κ1) is 15.3. The Morgan fingerprint density at radius 2 is 2.25 bits per heavy atom. The van der Waals surface area contributed by atoms with Gasteiger partial charge < -0.3 is 10.6 Å². The molecule has 2 N–H and O–H groups in total. The minimum Gasteiger partial charge on any atom is -0.350 e. The number of fused-ring (bicyclic) bond motifs is 1.